The molecule has 8 nitrogen and oxygen atoms in total. The van der Waals surface area contributed by atoms with Crippen LogP contribution in [0.25, 0.3) is 0 Å². The quantitative estimate of drug-likeness (QED) is 0.699. The number of anilines is 1. The van der Waals surface area contributed by atoms with Gasteiger partial charge in [0.15, 0.2) is 0 Å². The lowest BCUT2D eigenvalue weighted by Gasteiger charge is -2.21. The van der Waals surface area contributed by atoms with Crippen molar-refractivity contribution < 1.29 is 22.9 Å². The molecule has 140 valence electrons. The van der Waals surface area contributed by atoms with E-state index >= 15 is 0 Å². The molecule has 1 saturated carbocycles. The van der Waals surface area contributed by atoms with Gasteiger partial charge in [0.25, 0.3) is 15.9 Å². The summed E-state index contributed by atoms with van der Waals surface area (Å²) in [5, 5.41) is 3.98. The predicted molar refractivity (Wildman–Crippen MR) is 93.0 cm³/mol. The molecule has 0 aliphatic heterocycles. The summed E-state index contributed by atoms with van der Waals surface area (Å²) in [4.78, 5) is 22.2. The van der Waals surface area contributed by atoms with Gasteiger partial charge in [0.1, 0.15) is 0 Å². The summed E-state index contributed by atoms with van der Waals surface area (Å²) in [5.74, 6) is -0.280. The Morgan fingerprint density at radius 3 is 2.60 bits per heavy atom. The zero-order chi connectivity index (χ0) is 18.4. The number of carbonyl (C=O) groups excluding carboxylic acids is 1. The maximum atomic E-state index is 12.6. The Morgan fingerprint density at radius 2 is 1.96 bits per heavy atom. The molecule has 0 unspecified atom stereocenters. The van der Waals surface area contributed by atoms with Crippen LogP contribution in [0.15, 0.2) is 29.2 Å². The first kappa shape index (κ1) is 19.6. The smallest absolute Gasteiger partial charge is 0.265 e. The number of hydrogen-bond donors (Lipinski definition) is 1. The van der Waals surface area contributed by atoms with Crippen LogP contribution in [-0.4, -0.2) is 57.7 Å². The maximum absolute atomic E-state index is 12.6. The van der Waals surface area contributed by atoms with E-state index < -0.39 is 10.0 Å². The molecule has 0 bridgehead atoms. The van der Waals surface area contributed by atoms with Gasteiger partial charge in [0, 0.05) is 19.8 Å². The molecule has 1 aliphatic rings. The highest BCUT2D eigenvalue weighted by Crippen LogP contribution is 2.25. The molecule has 25 heavy (non-hydrogen) atoms. The third kappa shape index (κ3) is 5.15. The van der Waals surface area contributed by atoms with E-state index in [0.717, 1.165) is 35.2 Å². The second kappa shape index (κ2) is 8.61. The average molecular weight is 371 g/mol. The van der Waals surface area contributed by atoms with Crippen molar-refractivity contribution in [2.45, 2.75) is 36.7 Å². The number of benzene rings is 1. The predicted octanol–water partition coefficient (Wildman–Crippen LogP) is 1.61. The van der Waals surface area contributed by atoms with Crippen LogP contribution in [0, 0.1) is 0 Å². The third-order valence-corrected chi connectivity index (χ3v) is 5.75. The van der Waals surface area contributed by atoms with Gasteiger partial charge < -0.3 is 5.32 Å². The average Bonchev–Trinajstić information content (AvgIpc) is 3.12. The molecule has 1 aliphatic carbocycles. The number of nitrogens with zero attached hydrogens (tertiary/aromatic N) is 2. The Hall–Kier alpha value is -1.68. The first-order chi connectivity index (χ1) is 11.8. The van der Waals surface area contributed by atoms with Crippen LogP contribution in [0.2, 0.25) is 0 Å². The molecule has 0 saturated heterocycles. The van der Waals surface area contributed by atoms with E-state index in [0.29, 0.717) is 5.69 Å². The van der Waals surface area contributed by atoms with Crippen LogP contribution in [0.1, 0.15) is 25.7 Å². The van der Waals surface area contributed by atoms with E-state index in [1.807, 2.05) is 0 Å². The van der Waals surface area contributed by atoms with Crippen LogP contribution in [0.5, 0.6) is 0 Å². The summed E-state index contributed by atoms with van der Waals surface area (Å²) in [6.07, 6.45) is 3.81. The van der Waals surface area contributed by atoms with Gasteiger partial charge in [0.2, 0.25) is 0 Å². The van der Waals surface area contributed by atoms with E-state index in [4.69, 9.17) is 9.68 Å². The fourth-order valence-electron chi connectivity index (χ4n) is 2.57. The summed E-state index contributed by atoms with van der Waals surface area (Å²) in [6.45, 7) is -0.0117. The van der Waals surface area contributed by atoms with Gasteiger partial charge in [-0.1, -0.05) is 23.4 Å². The molecule has 1 N–H and O–H groups in total. The number of amides is 1. The lowest BCUT2D eigenvalue weighted by Crippen LogP contribution is -2.32. The van der Waals surface area contributed by atoms with Crippen molar-refractivity contribution in [3.63, 3.8) is 0 Å². The summed E-state index contributed by atoms with van der Waals surface area (Å²) in [6, 6.07) is 6.28. The Balaban J connectivity index is 2.04. The molecular weight excluding hydrogens is 346 g/mol. The SMILES string of the molecule is CON(C)C(=O)CNc1cccc(S(=O)(=O)N(C)OC2CCCC2)c1. The van der Waals surface area contributed by atoms with Gasteiger partial charge in [0.05, 0.1) is 24.7 Å². The van der Waals surface area contributed by atoms with Crippen molar-refractivity contribution >= 4 is 21.6 Å². The molecule has 0 aromatic heterocycles. The second-order valence-corrected chi connectivity index (χ2v) is 7.82. The Kier molecular flexibility index (Phi) is 6.77. The van der Waals surface area contributed by atoms with Crippen LogP contribution in [-0.2, 0) is 24.5 Å². The number of carbonyl (C=O) groups is 1. The molecule has 2 rings (SSSR count). The summed E-state index contributed by atoms with van der Waals surface area (Å²) in [7, 11) is 0.544. The molecule has 0 atom stereocenters. The summed E-state index contributed by atoms with van der Waals surface area (Å²) in [5.41, 5.74) is 0.521. The van der Waals surface area contributed by atoms with Crippen molar-refractivity contribution in [2.75, 3.05) is 33.1 Å². The van der Waals surface area contributed by atoms with Gasteiger partial charge in [-0.05, 0) is 31.0 Å². The monoisotopic (exact) mass is 371 g/mol. The lowest BCUT2D eigenvalue weighted by molar-refractivity contribution is -0.166. The first-order valence-electron chi connectivity index (χ1n) is 8.15. The molecule has 1 fully saturated rings. The van der Waals surface area contributed by atoms with Crippen LogP contribution in [0.4, 0.5) is 5.69 Å². The van der Waals surface area contributed by atoms with Crippen molar-refractivity contribution in [3.05, 3.63) is 24.3 Å². The van der Waals surface area contributed by atoms with Crippen molar-refractivity contribution in [3.8, 4) is 0 Å². The van der Waals surface area contributed by atoms with E-state index in [1.54, 1.807) is 12.1 Å². The highest BCUT2D eigenvalue weighted by atomic mass is 32.2. The molecule has 0 spiro atoms. The maximum Gasteiger partial charge on any atom is 0.265 e. The molecule has 1 aromatic rings. The van der Waals surface area contributed by atoms with Crippen molar-refractivity contribution in [1.29, 1.82) is 0 Å². The number of rotatable bonds is 8. The van der Waals surface area contributed by atoms with Crippen LogP contribution >= 0.6 is 0 Å². The van der Waals surface area contributed by atoms with E-state index in [-0.39, 0.29) is 23.5 Å². The Bertz CT molecular complexity index is 689. The number of hydroxylamine groups is 3. The summed E-state index contributed by atoms with van der Waals surface area (Å²) < 4.78 is 26.2. The zero-order valence-corrected chi connectivity index (χ0v) is 15.6. The van der Waals surface area contributed by atoms with Gasteiger partial charge in [-0.2, -0.15) is 0 Å². The largest absolute Gasteiger partial charge is 0.376 e. The minimum atomic E-state index is -3.76. The van der Waals surface area contributed by atoms with Crippen molar-refractivity contribution in [1.82, 2.24) is 9.53 Å². The zero-order valence-electron chi connectivity index (χ0n) is 14.8. The molecule has 9 heteroatoms. The number of sulfonamides is 1. The third-order valence-electron chi connectivity index (χ3n) is 4.14. The van der Waals surface area contributed by atoms with E-state index in [9.17, 15) is 13.2 Å². The topological polar surface area (TPSA) is 88.2 Å². The minimum Gasteiger partial charge on any atom is -0.376 e. The Labute approximate surface area is 148 Å². The van der Waals surface area contributed by atoms with Gasteiger partial charge in [-0.25, -0.2) is 13.5 Å². The molecule has 0 heterocycles. The van der Waals surface area contributed by atoms with Gasteiger partial charge in [-0.15, -0.1) is 0 Å². The molecule has 0 radical (unpaired) electrons. The lowest BCUT2D eigenvalue weighted by atomic mass is 10.3. The van der Waals surface area contributed by atoms with Crippen LogP contribution < -0.4 is 5.32 Å². The fraction of sp³-hybridized carbons (Fsp3) is 0.562. The number of hydrogen-bond acceptors (Lipinski definition) is 6. The molecule has 1 aromatic carbocycles. The van der Waals surface area contributed by atoms with Gasteiger partial charge >= 0.3 is 0 Å². The standard InChI is InChI=1S/C16H25N3O5S/c1-18(23-3)16(20)12-17-13-7-6-10-15(11-13)25(21,22)19(2)24-14-8-4-5-9-14/h6-7,10-11,14,17H,4-5,8-9,12H2,1-3H3. The van der Waals surface area contributed by atoms with E-state index in [2.05, 4.69) is 5.32 Å². The number of nitrogens with one attached hydrogen (secondary N) is 1. The molecular formula is C16H25N3O5S. The summed E-state index contributed by atoms with van der Waals surface area (Å²) >= 11 is 0. The fourth-order valence-corrected chi connectivity index (χ4v) is 3.62. The highest BCUT2D eigenvalue weighted by Gasteiger charge is 2.26. The molecule has 1 amide bonds. The normalized spacial score (nSPS) is 15.5. The van der Waals surface area contributed by atoms with E-state index in [1.165, 1.54) is 33.3 Å². The second-order valence-electron chi connectivity index (χ2n) is 5.88. The minimum absolute atomic E-state index is 0.0117. The first-order valence-corrected chi connectivity index (χ1v) is 9.59. The van der Waals surface area contributed by atoms with Crippen LogP contribution in [0.3, 0.4) is 0 Å². The Morgan fingerprint density at radius 1 is 1.28 bits per heavy atom. The van der Waals surface area contributed by atoms with Gasteiger partial charge in [-0.3, -0.25) is 14.5 Å². The number of likely N-dealkylation sites (N-methyl/N-ethyl adjacent to an activating group) is 1. The highest BCUT2D eigenvalue weighted by molar-refractivity contribution is 7.89. The van der Waals surface area contributed by atoms with Crippen molar-refractivity contribution in [2.24, 2.45) is 0 Å².